The van der Waals surface area contributed by atoms with Crippen molar-refractivity contribution in [2.24, 2.45) is 0 Å². The first-order valence-electron chi connectivity index (χ1n) is 6.26. The van der Waals surface area contributed by atoms with Gasteiger partial charge in [-0.05, 0) is 43.2 Å². The Morgan fingerprint density at radius 2 is 2.11 bits per heavy atom. The van der Waals surface area contributed by atoms with Gasteiger partial charge in [0.15, 0.2) is 11.7 Å². The fourth-order valence-electron chi connectivity index (χ4n) is 1.85. The summed E-state index contributed by atoms with van der Waals surface area (Å²) in [6.45, 7) is 3.41. The van der Waals surface area contributed by atoms with E-state index in [0.717, 1.165) is 22.9 Å². The van der Waals surface area contributed by atoms with Gasteiger partial charge in [0.05, 0.1) is 6.20 Å². The highest BCUT2D eigenvalue weighted by Crippen LogP contribution is 2.40. The Hall–Kier alpha value is -2.36. The van der Waals surface area contributed by atoms with E-state index in [1.807, 2.05) is 24.3 Å². The van der Waals surface area contributed by atoms with Crippen molar-refractivity contribution < 1.29 is 9.21 Å². The Kier molecular flexibility index (Phi) is 2.91. The second kappa shape index (κ2) is 4.72. The second-order valence-corrected chi connectivity index (χ2v) is 4.61. The normalized spacial score (nSPS) is 14.1. The molecule has 96 valence electrons. The first-order valence-corrected chi connectivity index (χ1v) is 6.26. The topological polar surface area (TPSA) is 55.1 Å². The van der Waals surface area contributed by atoms with Crippen LogP contribution in [0.25, 0.3) is 11.3 Å². The molecule has 1 aliphatic carbocycles. The van der Waals surface area contributed by atoms with Crippen LogP contribution in [0.5, 0.6) is 0 Å². The monoisotopic (exact) mass is 254 g/mol. The molecule has 1 aliphatic rings. The number of hydrogen-bond donors (Lipinski definition) is 1. The SMILES string of the molecule is C=CC(=O)Nc1ccc(-c2cnc(C3CC3)o2)cc1. The molecular weight excluding hydrogens is 240 g/mol. The Labute approximate surface area is 111 Å². The van der Waals surface area contributed by atoms with Crippen molar-refractivity contribution in [3.8, 4) is 11.3 Å². The number of hydrogen-bond acceptors (Lipinski definition) is 3. The highest BCUT2D eigenvalue weighted by atomic mass is 16.4. The van der Waals surface area contributed by atoms with E-state index in [2.05, 4.69) is 16.9 Å². The maximum absolute atomic E-state index is 11.2. The lowest BCUT2D eigenvalue weighted by molar-refractivity contribution is -0.111. The van der Waals surface area contributed by atoms with Crippen LogP contribution >= 0.6 is 0 Å². The molecule has 1 aromatic carbocycles. The van der Waals surface area contributed by atoms with E-state index in [9.17, 15) is 4.79 Å². The largest absolute Gasteiger partial charge is 0.440 e. The van der Waals surface area contributed by atoms with Gasteiger partial charge in [0, 0.05) is 17.2 Å². The summed E-state index contributed by atoms with van der Waals surface area (Å²) < 4.78 is 5.72. The van der Waals surface area contributed by atoms with Crippen molar-refractivity contribution in [3.63, 3.8) is 0 Å². The number of aromatic nitrogens is 1. The number of anilines is 1. The Morgan fingerprint density at radius 1 is 1.37 bits per heavy atom. The molecule has 0 saturated heterocycles. The molecule has 0 radical (unpaired) electrons. The van der Waals surface area contributed by atoms with Gasteiger partial charge in [-0.15, -0.1) is 0 Å². The quantitative estimate of drug-likeness (QED) is 0.851. The summed E-state index contributed by atoms with van der Waals surface area (Å²) in [7, 11) is 0. The summed E-state index contributed by atoms with van der Waals surface area (Å²) in [5, 5.41) is 2.70. The number of nitrogens with one attached hydrogen (secondary N) is 1. The minimum absolute atomic E-state index is 0.219. The Morgan fingerprint density at radius 3 is 2.74 bits per heavy atom. The molecule has 0 aliphatic heterocycles. The van der Waals surface area contributed by atoms with Gasteiger partial charge in [-0.1, -0.05) is 6.58 Å². The Bertz CT molecular complexity index is 609. The molecule has 0 spiro atoms. The zero-order valence-electron chi connectivity index (χ0n) is 10.4. The minimum atomic E-state index is -0.219. The third kappa shape index (κ3) is 2.57. The zero-order valence-corrected chi connectivity index (χ0v) is 10.4. The summed E-state index contributed by atoms with van der Waals surface area (Å²) in [5.41, 5.74) is 1.69. The molecule has 1 amide bonds. The van der Waals surface area contributed by atoms with Crippen LogP contribution in [0.4, 0.5) is 5.69 Å². The first kappa shape index (κ1) is 11.7. The molecule has 1 N–H and O–H groups in total. The molecule has 19 heavy (non-hydrogen) atoms. The maximum Gasteiger partial charge on any atom is 0.247 e. The van der Waals surface area contributed by atoms with Crippen LogP contribution in [0.3, 0.4) is 0 Å². The van der Waals surface area contributed by atoms with Gasteiger partial charge in [-0.2, -0.15) is 0 Å². The van der Waals surface area contributed by atoms with Crippen molar-refractivity contribution in [2.45, 2.75) is 18.8 Å². The predicted octanol–water partition coefficient (Wildman–Crippen LogP) is 3.34. The molecule has 2 aromatic rings. The average Bonchev–Trinajstić information content (AvgIpc) is 3.17. The molecule has 0 bridgehead atoms. The smallest absolute Gasteiger partial charge is 0.247 e. The van der Waals surface area contributed by atoms with Crippen LogP contribution in [0, 0.1) is 0 Å². The van der Waals surface area contributed by atoms with Gasteiger partial charge in [-0.25, -0.2) is 4.98 Å². The van der Waals surface area contributed by atoms with Crippen LogP contribution in [0.1, 0.15) is 24.7 Å². The molecule has 0 atom stereocenters. The second-order valence-electron chi connectivity index (χ2n) is 4.61. The van der Waals surface area contributed by atoms with Crippen LogP contribution in [0.2, 0.25) is 0 Å². The molecule has 1 aromatic heterocycles. The summed E-state index contributed by atoms with van der Waals surface area (Å²) >= 11 is 0. The third-order valence-electron chi connectivity index (χ3n) is 3.07. The van der Waals surface area contributed by atoms with Gasteiger partial charge in [0.2, 0.25) is 5.91 Å². The fraction of sp³-hybridized carbons (Fsp3) is 0.200. The van der Waals surface area contributed by atoms with Crippen LogP contribution in [-0.2, 0) is 4.79 Å². The summed E-state index contributed by atoms with van der Waals surface area (Å²) in [4.78, 5) is 15.5. The number of amides is 1. The number of oxazole rings is 1. The maximum atomic E-state index is 11.2. The number of nitrogens with zero attached hydrogens (tertiary/aromatic N) is 1. The van der Waals surface area contributed by atoms with Crippen LogP contribution in [-0.4, -0.2) is 10.9 Å². The lowest BCUT2D eigenvalue weighted by Crippen LogP contribution is -2.06. The molecule has 0 unspecified atom stereocenters. The highest BCUT2D eigenvalue weighted by molar-refractivity contribution is 5.98. The molecule has 3 rings (SSSR count). The molecule has 1 heterocycles. The number of carbonyl (C=O) groups excluding carboxylic acids is 1. The lowest BCUT2D eigenvalue weighted by atomic mass is 10.2. The fourth-order valence-corrected chi connectivity index (χ4v) is 1.85. The minimum Gasteiger partial charge on any atom is -0.440 e. The van der Waals surface area contributed by atoms with E-state index in [-0.39, 0.29) is 5.91 Å². The van der Waals surface area contributed by atoms with E-state index in [4.69, 9.17) is 4.42 Å². The van der Waals surface area contributed by atoms with Gasteiger partial charge in [-0.3, -0.25) is 4.79 Å². The number of benzene rings is 1. The van der Waals surface area contributed by atoms with E-state index in [1.54, 1.807) is 6.20 Å². The zero-order chi connectivity index (χ0) is 13.2. The van der Waals surface area contributed by atoms with E-state index in [1.165, 1.54) is 18.9 Å². The van der Waals surface area contributed by atoms with Gasteiger partial charge >= 0.3 is 0 Å². The van der Waals surface area contributed by atoms with Crippen LogP contribution < -0.4 is 5.32 Å². The van der Waals surface area contributed by atoms with Crippen LogP contribution in [0.15, 0.2) is 47.5 Å². The van der Waals surface area contributed by atoms with Gasteiger partial charge in [0.1, 0.15) is 0 Å². The Balaban J connectivity index is 1.77. The highest BCUT2D eigenvalue weighted by Gasteiger charge is 2.28. The first-order chi connectivity index (χ1) is 9.26. The van der Waals surface area contributed by atoms with E-state index < -0.39 is 0 Å². The van der Waals surface area contributed by atoms with E-state index >= 15 is 0 Å². The number of carbonyl (C=O) groups is 1. The third-order valence-corrected chi connectivity index (χ3v) is 3.07. The predicted molar refractivity (Wildman–Crippen MR) is 72.7 cm³/mol. The average molecular weight is 254 g/mol. The van der Waals surface area contributed by atoms with Crippen molar-refractivity contribution in [1.29, 1.82) is 0 Å². The molecule has 1 saturated carbocycles. The standard InChI is InChI=1S/C15H14N2O2/c1-2-14(18)17-12-7-5-10(6-8-12)13-9-16-15(19-13)11-3-4-11/h2,5-9,11H,1,3-4H2,(H,17,18). The summed E-state index contributed by atoms with van der Waals surface area (Å²) in [6, 6.07) is 7.46. The van der Waals surface area contributed by atoms with E-state index in [0.29, 0.717) is 5.92 Å². The van der Waals surface area contributed by atoms with Gasteiger partial charge < -0.3 is 9.73 Å². The lowest BCUT2D eigenvalue weighted by Gasteiger charge is -2.02. The van der Waals surface area contributed by atoms with Crippen molar-refractivity contribution in [3.05, 3.63) is 49.0 Å². The number of rotatable bonds is 4. The molecule has 4 heteroatoms. The summed E-state index contributed by atoms with van der Waals surface area (Å²) in [6.07, 6.45) is 5.34. The van der Waals surface area contributed by atoms with Crippen molar-refractivity contribution in [1.82, 2.24) is 4.98 Å². The molecular formula is C15H14N2O2. The van der Waals surface area contributed by atoms with Crippen molar-refractivity contribution >= 4 is 11.6 Å². The molecule has 4 nitrogen and oxygen atoms in total. The summed E-state index contributed by atoms with van der Waals surface area (Å²) in [5.74, 6) is 1.89. The van der Waals surface area contributed by atoms with Gasteiger partial charge in [0.25, 0.3) is 0 Å². The van der Waals surface area contributed by atoms with Crippen molar-refractivity contribution in [2.75, 3.05) is 5.32 Å². The molecule has 1 fully saturated rings.